The van der Waals surface area contributed by atoms with Gasteiger partial charge < -0.3 is 14.8 Å². The number of hydrogen-bond donors (Lipinski definition) is 1. The molecule has 0 radical (unpaired) electrons. The van der Waals surface area contributed by atoms with Crippen molar-refractivity contribution in [3.8, 4) is 11.5 Å². The summed E-state index contributed by atoms with van der Waals surface area (Å²) in [4.78, 5) is 12.6. The van der Waals surface area contributed by atoms with Crippen LogP contribution < -0.4 is 19.1 Å². The van der Waals surface area contributed by atoms with Gasteiger partial charge in [-0.05, 0) is 49.2 Å². The number of benzene rings is 2. The second kappa shape index (κ2) is 9.84. The normalized spacial score (nSPS) is 12.2. The standard InChI is InChI=1S/C20H25ClN2O5S/c1-14(23(29(4,25)26)17-7-5-6-16(21)13-17)20(24)22-11-10-15-8-9-18(27-2)19(12-15)28-3/h5-9,12-14H,10-11H2,1-4H3,(H,22,24)/t14-/m1/s1. The van der Waals surface area contributed by atoms with Gasteiger partial charge in [-0.3, -0.25) is 9.10 Å². The number of halogens is 1. The van der Waals surface area contributed by atoms with Gasteiger partial charge in [-0.1, -0.05) is 23.7 Å². The van der Waals surface area contributed by atoms with Crippen LogP contribution in [0.25, 0.3) is 0 Å². The molecule has 0 aliphatic heterocycles. The van der Waals surface area contributed by atoms with Crippen LogP contribution in [0, 0.1) is 0 Å². The molecule has 0 saturated heterocycles. The molecule has 2 aromatic carbocycles. The van der Waals surface area contributed by atoms with Gasteiger partial charge in [0, 0.05) is 11.6 Å². The zero-order valence-electron chi connectivity index (χ0n) is 16.8. The lowest BCUT2D eigenvalue weighted by Crippen LogP contribution is -2.48. The van der Waals surface area contributed by atoms with E-state index in [-0.39, 0.29) is 0 Å². The van der Waals surface area contributed by atoms with Crippen LogP contribution in [0.4, 0.5) is 5.69 Å². The number of sulfonamides is 1. The topological polar surface area (TPSA) is 84.9 Å². The fourth-order valence-corrected chi connectivity index (χ4v) is 4.29. The van der Waals surface area contributed by atoms with Gasteiger partial charge in [-0.15, -0.1) is 0 Å². The molecule has 29 heavy (non-hydrogen) atoms. The minimum absolute atomic E-state index is 0.336. The highest BCUT2D eigenvalue weighted by Gasteiger charge is 2.29. The van der Waals surface area contributed by atoms with Gasteiger partial charge >= 0.3 is 0 Å². The van der Waals surface area contributed by atoms with Crippen LogP contribution in [0.3, 0.4) is 0 Å². The van der Waals surface area contributed by atoms with E-state index < -0.39 is 22.0 Å². The number of nitrogens with one attached hydrogen (secondary N) is 1. The summed E-state index contributed by atoms with van der Waals surface area (Å²) in [6, 6.07) is 11.0. The van der Waals surface area contributed by atoms with Gasteiger partial charge in [0.05, 0.1) is 26.2 Å². The van der Waals surface area contributed by atoms with Crippen molar-refractivity contribution in [2.24, 2.45) is 0 Å². The van der Waals surface area contributed by atoms with Gasteiger partial charge in [0.25, 0.3) is 0 Å². The summed E-state index contributed by atoms with van der Waals surface area (Å²) in [7, 11) is -0.571. The molecule has 9 heteroatoms. The van der Waals surface area contributed by atoms with Gasteiger partial charge in [0.2, 0.25) is 15.9 Å². The van der Waals surface area contributed by atoms with Crippen molar-refractivity contribution in [1.82, 2.24) is 5.32 Å². The van der Waals surface area contributed by atoms with Crippen molar-refractivity contribution in [2.45, 2.75) is 19.4 Å². The Bertz CT molecular complexity index is 965. The van der Waals surface area contributed by atoms with E-state index in [0.29, 0.717) is 35.2 Å². The second-order valence-electron chi connectivity index (χ2n) is 6.45. The number of methoxy groups -OCH3 is 2. The summed E-state index contributed by atoms with van der Waals surface area (Å²) < 4.78 is 36.1. The Morgan fingerprint density at radius 3 is 2.41 bits per heavy atom. The van der Waals surface area contributed by atoms with E-state index in [9.17, 15) is 13.2 Å². The lowest BCUT2D eigenvalue weighted by Gasteiger charge is -2.28. The summed E-state index contributed by atoms with van der Waals surface area (Å²) >= 11 is 5.98. The summed E-state index contributed by atoms with van der Waals surface area (Å²) in [6.07, 6.45) is 1.61. The first-order valence-electron chi connectivity index (χ1n) is 8.91. The lowest BCUT2D eigenvalue weighted by atomic mass is 10.1. The van der Waals surface area contributed by atoms with Crippen molar-refractivity contribution < 1.29 is 22.7 Å². The molecule has 0 spiro atoms. The molecule has 2 rings (SSSR count). The number of amides is 1. The molecule has 7 nitrogen and oxygen atoms in total. The number of ether oxygens (including phenoxy) is 2. The van der Waals surface area contributed by atoms with Gasteiger partial charge in [0.1, 0.15) is 6.04 Å². The first-order chi connectivity index (χ1) is 13.7. The molecule has 1 atom stereocenters. The Kier molecular flexibility index (Phi) is 7.75. The Hall–Kier alpha value is -2.45. The van der Waals surface area contributed by atoms with E-state index in [1.807, 2.05) is 12.1 Å². The van der Waals surface area contributed by atoms with E-state index in [2.05, 4.69) is 5.32 Å². The van der Waals surface area contributed by atoms with Crippen LogP contribution in [0.15, 0.2) is 42.5 Å². The minimum Gasteiger partial charge on any atom is -0.493 e. The monoisotopic (exact) mass is 440 g/mol. The summed E-state index contributed by atoms with van der Waals surface area (Å²) in [5, 5.41) is 3.17. The maximum atomic E-state index is 12.6. The fourth-order valence-electron chi connectivity index (χ4n) is 2.94. The van der Waals surface area contributed by atoms with Crippen LogP contribution in [-0.2, 0) is 21.2 Å². The van der Waals surface area contributed by atoms with E-state index in [0.717, 1.165) is 16.1 Å². The smallest absolute Gasteiger partial charge is 0.243 e. The molecule has 0 unspecified atom stereocenters. The third kappa shape index (κ3) is 6.01. The highest BCUT2D eigenvalue weighted by molar-refractivity contribution is 7.92. The first-order valence-corrected chi connectivity index (χ1v) is 11.1. The molecule has 1 N–H and O–H groups in total. The Morgan fingerprint density at radius 2 is 1.83 bits per heavy atom. The Balaban J connectivity index is 2.07. The summed E-state index contributed by atoms with van der Waals surface area (Å²) in [6.45, 7) is 1.87. The number of carbonyl (C=O) groups is 1. The van der Waals surface area contributed by atoms with Crippen LogP contribution in [0.5, 0.6) is 11.5 Å². The highest BCUT2D eigenvalue weighted by atomic mass is 35.5. The molecule has 0 fully saturated rings. The minimum atomic E-state index is -3.69. The van der Waals surface area contributed by atoms with Crippen molar-refractivity contribution in [3.63, 3.8) is 0 Å². The molecule has 0 heterocycles. The zero-order chi connectivity index (χ0) is 21.6. The number of rotatable bonds is 9. The average molecular weight is 441 g/mol. The Labute approximate surface area is 176 Å². The molecule has 0 aliphatic carbocycles. The third-order valence-corrected chi connectivity index (χ3v) is 5.79. The van der Waals surface area contributed by atoms with Gasteiger partial charge in [-0.2, -0.15) is 0 Å². The number of carbonyl (C=O) groups excluding carboxylic acids is 1. The van der Waals surface area contributed by atoms with Crippen molar-refractivity contribution in [2.75, 3.05) is 31.3 Å². The van der Waals surface area contributed by atoms with Crippen molar-refractivity contribution >= 4 is 33.2 Å². The third-order valence-electron chi connectivity index (χ3n) is 4.31. The molecule has 0 aromatic heterocycles. The highest BCUT2D eigenvalue weighted by Crippen LogP contribution is 2.27. The zero-order valence-corrected chi connectivity index (χ0v) is 18.4. The predicted molar refractivity (Wildman–Crippen MR) is 114 cm³/mol. The first kappa shape index (κ1) is 22.8. The van der Waals surface area contributed by atoms with Crippen LogP contribution >= 0.6 is 11.6 Å². The molecule has 0 saturated carbocycles. The van der Waals surface area contributed by atoms with E-state index in [4.69, 9.17) is 21.1 Å². The quantitative estimate of drug-likeness (QED) is 0.648. The van der Waals surface area contributed by atoms with Crippen LogP contribution in [0.1, 0.15) is 12.5 Å². The number of nitrogens with zero attached hydrogens (tertiary/aromatic N) is 1. The molecule has 2 aromatic rings. The van der Waals surface area contributed by atoms with Crippen LogP contribution in [0.2, 0.25) is 5.02 Å². The molecule has 1 amide bonds. The van der Waals surface area contributed by atoms with E-state index in [1.54, 1.807) is 38.5 Å². The molecule has 0 aliphatic rings. The maximum absolute atomic E-state index is 12.6. The summed E-state index contributed by atoms with van der Waals surface area (Å²) in [5.41, 5.74) is 1.29. The largest absolute Gasteiger partial charge is 0.493 e. The summed E-state index contributed by atoms with van der Waals surface area (Å²) in [5.74, 6) is 0.823. The van der Waals surface area contributed by atoms with Gasteiger partial charge in [-0.25, -0.2) is 8.42 Å². The second-order valence-corrected chi connectivity index (χ2v) is 8.74. The molecule has 0 bridgehead atoms. The van der Waals surface area contributed by atoms with E-state index >= 15 is 0 Å². The van der Waals surface area contributed by atoms with Crippen molar-refractivity contribution in [1.29, 1.82) is 0 Å². The predicted octanol–water partition coefficient (Wildman–Crippen LogP) is 2.87. The van der Waals surface area contributed by atoms with Gasteiger partial charge in [0.15, 0.2) is 11.5 Å². The van der Waals surface area contributed by atoms with E-state index in [1.165, 1.54) is 13.0 Å². The maximum Gasteiger partial charge on any atom is 0.243 e. The van der Waals surface area contributed by atoms with Crippen LogP contribution in [-0.4, -0.2) is 47.4 Å². The SMILES string of the molecule is COc1ccc(CCNC(=O)[C@@H](C)N(c2cccc(Cl)c2)S(C)(=O)=O)cc1OC. The fraction of sp³-hybridized carbons (Fsp3) is 0.350. The molecular weight excluding hydrogens is 416 g/mol. The lowest BCUT2D eigenvalue weighted by molar-refractivity contribution is -0.121. The number of hydrogen-bond acceptors (Lipinski definition) is 5. The Morgan fingerprint density at radius 1 is 1.14 bits per heavy atom. The average Bonchev–Trinajstić information content (AvgIpc) is 2.66. The molecular formula is C20H25ClN2O5S. The van der Waals surface area contributed by atoms with Crippen molar-refractivity contribution in [3.05, 3.63) is 53.1 Å². The number of anilines is 1. The molecule has 158 valence electrons.